The number of benzene rings is 2. The Kier molecular flexibility index (Phi) is 7.24. The van der Waals surface area contributed by atoms with Gasteiger partial charge in [0.1, 0.15) is 10.6 Å². The molecule has 42 heavy (non-hydrogen) atoms. The van der Waals surface area contributed by atoms with E-state index in [1.807, 2.05) is 0 Å². The van der Waals surface area contributed by atoms with Crippen molar-refractivity contribution < 1.29 is 48.3 Å². The fraction of sp³-hybridized carbons (Fsp3) is 0.536. The summed E-state index contributed by atoms with van der Waals surface area (Å²) in [6.07, 6.45) is -12.2. The number of sulfone groups is 1. The van der Waals surface area contributed by atoms with Crippen LogP contribution in [0.3, 0.4) is 0 Å². The molecule has 0 aromatic heterocycles. The highest BCUT2D eigenvalue weighted by atomic mass is 32.2. The molecule has 2 aromatic carbocycles. The SMILES string of the molecule is CC1(C(=O)N2CC[C@@]3(S(=O)(=O)c4ccc(F)cc4)c4ccc(C(F)(C(F)(F)F)C(F)(F)F)cc4CC[C@@H]23)CCNCC1. The lowest BCUT2D eigenvalue weighted by Crippen LogP contribution is -2.56. The molecule has 14 heteroatoms. The Morgan fingerprint density at radius 2 is 1.52 bits per heavy atom. The summed E-state index contributed by atoms with van der Waals surface area (Å²) >= 11 is 0. The Balaban J connectivity index is 1.69. The Morgan fingerprint density at radius 1 is 0.929 bits per heavy atom. The summed E-state index contributed by atoms with van der Waals surface area (Å²) in [5.74, 6) is -1.01. The van der Waals surface area contributed by atoms with Crippen molar-refractivity contribution in [3.63, 3.8) is 0 Å². The van der Waals surface area contributed by atoms with Crippen molar-refractivity contribution in [2.24, 2.45) is 5.41 Å². The third kappa shape index (κ3) is 4.34. The standard InChI is InChI=1S/C28H28F8N2O3S/c1-24(10-13-37-14-11-24)23(39)38-15-12-25(42(40,41)20-6-4-19(29)5-7-20)21-8-3-18(16-17(21)2-9-22(25)38)26(30,27(31,32)33)28(34,35)36/h3-8,16,22,37H,2,9-15H2,1H3/t22-,25-/m1/s1. The molecule has 2 saturated heterocycles. The van der Waals surface area contributed by atoms with Crippen LogP contribution in [-0.2, 0) is 31.5 Å². The molecule has 0 unspecified atom stereocenters. The number of carbonyl (C=O) groups excluding carboxylic acids is 1. The number of hydrogen-bond donors (Lipinski definition) is 1. The monoisotopic (exact) mass is 624 g/mol. The zero-order valence-corrected chi connectivity index (χ0v) is 23.2. The summed E-state index contributed by atoms with van der Waals surface area (Å²) in [7, 11) is -4.52. The van der Waals surface area contributed by atoms with Gasteiger partial charge in [0.05, 0.1) is 10.9 Å². The molecule has 5 rings (SSSR count). The van der Waals surface area contributed by atoms with Crippen LogP contribution in [0.2, 0.25) is 0 Å². The summed E-state index contributed by atoms with van der Waals surface area (Å²) in [6, 6.07) is 4.45. The van der Waals surface area contributed by atoms with Crippen molar-refractivity contribution in [2.45, 2.75) is 72.7 Å². The summed E-state index contributed by atoms with van der Waals surface area (Å²) in [6.45, 7) is 2.87. The highest BCUT2D eigenvalue weighted by molar-refractivity contribution is 7.92. The van der Waals surface area contributed by atoms with E-state index in [0.29, 0.717) is 38.1 Å². The van der Waals surface area contributed by atoms with E-state index in [0.717, 1.165) is 30.3 Å². The predicted octanol–water partition coefficient (Wildman–Crippen LogP) is 5.72. The summed E-state index contributed by atoms with van der Waals surface area (Å²) < 4.78 is 137. The molecular formula is C28H28F8N2O3S. The number of halogens is 8. The molecule has 2 aliphatic heterocycles. The molecular weight excluding hydrogens is 596 g/mol. The third-order valence-corrected chi connectivity index (χ3v) is 11.7. The zero-order valence-electron chi connectivity index (χ0n) is 22.4. The lowest BCUT2D eigenvalue weighted by Gasteiger charge is -2.45. The fourth-order valence-electron chi connectivity index (χ4n) is 6.84. The van der Waals surface area contributed by atoms with Crippen molar-refractivity contribution >= 4 is 15.7 Å². The Labute approximate surface area is 237 Å². The average molecular weight is 625 g/mol. The van der Waals surface area contributed by atoms with Crippen LogP contribution in [0.5, 0.6) is 0 Å². The van der Waals surface area contributed by atoms with Crippen LogP contribution in [0, 0.1) is 11.2 Å². The first-order valence-electron chi connectivity index (χ1n) is 13.4. The number of hydrogen-bond acceptors (Lipinski definition) is 4. The van der Waals surface area contributed by atoms with E-state index in [1.165, 1.54) is 4.90 Å². The van der Waals surface area contributed by atoms with Crippen molar-refractivity contribution in [1.29, 1.82) is 0 Å². The van der Waals surface area contributed by atoms with Crippen LogP contribution >= 0.6 is 0 Å². The first-order valence-corrected chi connectivity index (χ1v) is 14.9. The minimum Gasteiger partial charge on any atom is -0.337 e. The molecule has 2 fully saturated rings. The largest absolute Gasteiger partial charge is 0.435 e. The van der Waals surface area contributed by atoms with Gasteiger partial charge in [-0.1, -0.05) is 25.1 Å². The normalized spacial score (nSPS) is 24.7. The van der Waals surface area contributed by atoms with E-state index < -0.39 is 55.4 Å². The third-order valence-electron chi connectivity index (χ3n) is 9.15. The number of nitrogens with zero attached hydrogens (tertiary/aromatic N) is 1. The number of fused-ring (bicyclic) bond motifs is 3. The molecule has 2 heterocycles. The van der Waals surface area contributed by atoms with Gasteiger partial charge in [-0.05, 0) is 80.6 Å². The van der Waals surface area contributed by atoms with Crippen LogP contribution in [0.15, 0.2) is 47.4 Å². The van der Waals surface area contributed by atoms with Crippen LogP contribution in [0.4, 0.5) is 35.1 Å². The number of carbonyl (C=O) groups is 1. The molecule has 2 atom stereocenters. The van der Waals surface area contributed by atoms with Gasteiger partial charge < -0.3 is 10.2 Å². The Morgan fingerprint density at radius 3 is 2.10 bits per heavy atom. The highest BCUT2D eigenvalue weighted by Crippen LogP contribution is 2.57. The van der Waals surface area contributed by atoms with Crippen LogP contribution in [0.25, 0.3) is 0 Å². The molecule has 0 radical (unpaired) electrons. The second-order valence-electron chi connectivity index (χ2n) is 11.5. The molecule has 0 bridgehead atoms. The summed E-state index contributed by atoms with van der Waals surface area (Å²) in [5.41, 5.74) is -8.48. The van der Waals surface area contributed by atoms with E-state index in [4.69, 9.17) is 0 Å². The topological polar surface area (TPSA) is 66.5 Å². The molecule has 2 aromatic rings. The second kappa shape index (κ2) is 9.90. The van der Waals surface area contributed by atoms with Crippen molar-refractivity contribution in [2.75, 3.05) is 19.6 Å². The molecule has 0 saturated carbocycles. The second-order valence-corrected chi connectivity index (χ2v) is 13.7. The van der Waals surface area contributed by atoms with Gasteiger partial charge in [0.2, 0.25) is 5.91 Å². The maximum Gasteiger partial charge on any atom is 0.435 e. The lowest BCUT2D eigenvalue weighted by molar-refractivity contribution is -0.348. The van der Waals surface area contributed by atoms with Gasteiger partial charge in [-0.25, -0.2) is 17.2 Å². The molecule has 1 amide bonds. The lowest BCUT2D eigenvalue weighted by atomic mass is 9.75. The van der Waals surface area contributed by atoms with E-state index >= 15 is 0 Å². The van der Waals surface area contributed by atoms with E-state index in [1.54, 1.807) is 6.92 Å². The summed E-state index contributed by atoms with van der Waals surface area (Å²) in [5, 5.41) is 3.16. The van der Waals surface area contributed by atoms with Gasteiger partial charge in [-0.2, -0.15) is 26.3 Å². The van der Waals surface area contributed by atoms with Gasteiger partial charge in [-0.3, -0.25) is 4.79 Å². The van der Waals surface area contributed by atoms with Crippen LogP contribution < -0.4 is 5.32 Å². The quantitative estimate of drug-likeness (QED) is 0.349. The molecule has 3 aliphatic rings. The first-order chi connectivity index (χ1) is 19.4. The zero-order chi connectivity index (χ0) is 30.9. The predicted molar refractivity (Wildman–Crippen MR) is 135 cm³/mol. The van der Waals surface area contributed by atoms with Crippen LogP contribution in [-0.4, -0.2) is 57.3 Å². The molecule has 1 N–H and O–H groups in total. The minimum absolute atomic E-state index is 0.0354. The van der Waals surface area contributed by atoms with Gasteiger partial charge >= 0.3 is 18.0 Å². The number of piperidine rings is 1. The Bertz CT molecular complexity index is 1470. The first kappa shape index (κ1) is 30.7. The average Bonchev–Trinajstić information content (AvgIpc) is 3.33. The maximum absolute atomic E-state index is 15.0. The number of alkyl halides is 7. The number of aryl methyl sites for hydroxylation is 1. The molecule has 5 nitrogen and oxygen atoms in total. The van der Waals surface area contributed by atoms with Crippen LogP contribution in [0.1, 0.15) is 49.3 Å². The molecule has 1 aliphatic carbocycles. The smallest absolute Gasteiger partial charge is 0.337 e. The van der Waals surface area contributed by atoms with Gasteiger partial charge in [0, 0.05) is 17.5 Å². The number of nitrogens with one attached hydrogen (secondary N) is 1. The number of rotatable bonds is 4. The number of amides is 1. The maximum atomic E-state index is 15.0. The fourth-order valence-corrected chi connectivity index (χ4v) is 9.20. The van der Waals surface area contributed by atoms with E-state index in [-0.39, 0.29) is 47.7 Å². The number of likely N-dealkylation sites (tertiary alicyclic amines) is 1. The van der Waals surface area contributed by atoms with Crippen molar-refractivity contribution in [1.82, 2.24) is 10.2 Å². The van der Waals surface area contributed by atoms with Crippen molar-refractivity contribution in [3.05, 3.63) is 65.0 Å². The van der Waals surface area contributed by atoms with Gasteiger partial charge in [-0.15, -0.1) is 0 Å². The summed E-state index contributed by atoms with van der Waals surface area (Å²) in [4.78, 5) is 15.0. The Hall–Kier alpha value is -2.74. The van der Waals surface area contributed by atoms with E-state index in [9.17, 15) is 48.3 Å². The highest BCUT2D eigenvalue weighted by Gasteiger charge is 2.74. The van der Waals surface area contributed by atoms with Crippen molar-refractivity contribution in [3.8, 4) is 0 Å². The minimum atomic E-state index is -6.34. The molecule has 0 spiro atoms. The molecule has 230 valence electrons. The van der Waals surface area contributed by atoms with E-state index in [2.05, 4.69) is 5.32 Å². The van der Waals surface area contributed by atoms with Gasteiger partial charge in [0.15, 0.2) is 9.84 Å². The van der Waals surface area contributed by atoms with Gasteiger partial charge in [0.25, 0.3) is 0 Å².